The molecule has 4 heteroatoms. The summed E-state index contributed by atoms with van der Waals surface area (Å²) in [7, 11) is 1.93. The Morgan fingerprint density at radius 2 is 2.26 bits per heavy atom. The Morgan fingerprint density at radius 3 is 3.00 bits per heavy atom. The van der Waals surface area contributed by atoms with E-state index >= 15 is 0 Å². The Balaban J connectivity index is 1.63. The van der Waals surface area contributed by atoms with Crippen LogP contribution in [0.15, 0.2) is 24.4 Å². The van der Waals surface area contributed by atoms with Gasteiger partial charge in [-0.1, -0.05) is 17.7 Å². The van der Waals surface area contributed by atoms with E-state index in [1.807, 2.05) is 24.9 Å². The number of nitrogens with one attached hydrogen (secondary N) is 1. The molecule has 2 aromatic rings. The van der Waals surface area contributed by atoms with E-state index in [9.17, 15) is 0 Å². The summed E-state index contributed by atoms with van der Waals surface area (Å²) in [4.78, 5) is 0. The second kappa shape index (κ2) is 4.61. The number of hydrogen-bond donors (Lipinski definition) is 1. The molecule has 0 aliphatic carbocycles. The van der Waals surface area contributed by atoms with Crippen LogP contribution in [0.5, 0.6) is 5.75 Å². The maximum absolute atomic E-state index is 5.94. The molecule has 1 aliphatic heterocycles. The van der Waals surface area contributed by atoms with Crippen LogP contribution >= 0.6 is 0 Å². The summed E-state index contributed by atoms with van der Waals surface area (Å²) >= 11 is 0. The fourth-order valence-corrected chi connectivity index (χ4v) is 2.56. The van der Waals surface area contributed by atoms with Crippen molar-refractivity contribution in [1.82, 2.24) is 9.78 Å². The SMILES string of the molecule is Cc1ccc2c(c1)CC(CNc1cn(C)nc1C)O2. The van der Waals surface area contributed by atoms with Crippen molar-refractivity contribution in [2.45, 2.75) is 26.4 Å². The van der Waals surface area contributed by atoms with E-state index in [4.69, 9.17) is 4.74 Å². The van der Waals surface area contributed by atoms with Crippen LogP contribution in [-0.4, -0.2) is 22.4 Å². The molecule has 0 radical (unpaired) electrons. The smallest absolute Gasteiger partial charge is 0.123 e. The molecule has 0 bridgehead atoms. The first-order valence-electron chi connectivity index (χ1n) is 6.62. The number of rotatable bonds is 3. The second-order valence-corrected chi connectivity index (χ2v) is 5.24. The largest absolute Gasteiger partial charge is 0.488 e. The molecule has 4 nitrogen and oxygen atoms in total. The van der Waals surface area contributed by atoms with Crippen LogP contribution in [0.4, 0.5) is 5.69 Å². The Bertz CT molecular complexity index is 603. The lowest BCUT2D eigenvalue weighted by Gasteiger charge is -2.12. The van der Waals surface area contributed by atoms with E-state index in [1.54, 1.807) is 0 Å². The lowest BCUT2D eigenvalue weighted by atomic mass is 10.1. The van der Waals surface area contributed by atoms with Gasteiger partial charge in [0.2, 0.25) is 0 Å². The number of anilines is 1. The van der Waals surface area contributed by atoms with Crippen molar-refractivity contribution in [2.24, 2.45) is 7.05 Å². The number of nitrogens with zero attached hydrogens (tertiary/aromatic N) is 2. The van der Waals surface area contributed by atoms with Crippen LogP contribution in [0.3, 0.4) is 0 Å². The Labute approximate surface area is 113 Å². The third-order valence-corrected chi connectivity index (χ3v) is 3.49. The average molecular weight is 257 g/mol. The molecular weight excluding hydrogens is 238 g/mol. The van der Waals surface area contributed by atoms with Gasteiger partial charge in [0.1, 0.15) is 11.9 Å². The first kappa shape index (κ1) is 12.1. The van der Waals surface area contributed by atoms with E-state index in [-0.39, 0.29) is 6.10 Å². The Hall–Kier alpha value is -1.97. The van der Waals surface area contributed by atoms with Gasteiger partial charge in [0.25, 0.3) is 0 Å². The van der Waals surface area contributed by atoms with Crippen molar-refractivity contribution >= 4 is 5.69 Å². The fraction of sp³-hybridized carbons (Fsp3) is 0.400. The third-order valence-electron chi connectivity index (χ3n) is 3.49. The van der Waals surface area contributed by atoms with Crippen LogP contribution in [0.2, 0.25) is 0 Å². The molecule has 1 aromatic heterocycles. The van der Waals surface area contributed by atoms with Gasteiger partial charge >= 0.3 is 0 Å². The molecule has 1 aromatic carbocycles. The number of aryl methyl sites for hydroxylation is 3. The number of fused-ring (bicyclic) bond motifs is 1. The van der Waals surface area contributed by atoms with Gasteiger partial charge in [-0.15, -0.1) is 0 Å². The zero-order valence-corrected chi connectivity index (χ0v) is 11.6. The van der Waals surface area contributed by atoms with Gasteiger partial charge in [-0.25, -0.2) is 0 Å². The molecular formula is C15H19N3O. The van der Waals surface area contributed by atoms with Gasteiger partial charge in [-0.3, -0.25) is 4.68 Å². The van der Waals surface area contributed by atoms with Crippen LogP contribution in [-0.2, 0) is 13.5 Å². The topological polar surface area (TPSA) is 39.1 Å². The van der Waals surface area contributed by atoms with Gasteiger partial charge < -0.3 is 10.1 Å². The number of ether oxygens (including phenoxy) is 1. The molecule has 0 spiro atoms. The molecule has 19 heavy (non-hydrogen) atoms. The molecule has 1 atom stereocenters. The molecule has 0 amide bonds. The summed E-state index contributed by atoms with van der Waals surface area (Å²) < 4.78 is 7.77. The first-order valence-corrected chi connectivity index (χ1v) is 6.62. The summed E-state index contributed by atoms with van der Waals surface area (Å²) in [6.45, 7) is 4.93. The maximum Gasteiger partial charge on any atom is 0.123 e. The Kier molecular flexibility index (Phi) is 2.93. The number of hydrogen-bond acceptors (Lipinski definition) is 3. The molecule has 3 rings (SSSR count). The van der Waals surface area contributed by atoms with E-state index in [2.05, 4.69) is 35.5 Å². The predicted octanol–water partition coefficient (Wildman–Crippen LogP) is 2.45. The first-order chi connectivity index (χ1) is 9.11. The van der Waals surface area contributed by atoms with Crippen molar-refractivity contribution < 1.29 is 4.74 Å². The van der Waals surface area contributed by atoms with Crippen LogP contribution in [0, 0.1) is 13.8 Å². The normalized spacial score (nSPS) is 17.1. The molecule has 100 valence electrons. The summed E-state index contributed by atoms with van der Waals surface area (Å²) in [6, 6.07) is 6.38. The lowest BCUT2D eigenvalue weighted by molar-refractivity contribution is 0.246. The van der Waals surface area contributed by atoms with Gasteiger partial charge in [0, 0.05) is 19.7 Å². The molecule has 0 fully saturated rings. The highest BCUT2D eigenvalue weighted by Gasteiger charge is 2.22. The number of aromatic nitrogens is 2. The average Bonchev–Trinajstić information content (AvgIpc) is 2.89. The molecule has 1 unspecified atom stereocenters. The highest BCUT2D eigenvalue weighted by molar-refractivity contribution is 5.46. The molecule has 2 heterocycles. The minimum Gasteiger partial charge on any atom is -0.488 e. The summed E-state index contributed by atoms with van der Waals surface area (Å²) in [5.41, 5.74) is 4.71. The molecule has 0 saturated carbocycles. The standard InChI is InChI=1S/C15H19N3O/c1-10-4-5-15-12(6-10)7-13(19-15)8-16-14-9-18(3)17-11(14)2/h4-6,9,13,16H,7-8H2,1-3H3. The highest BCUT2D eigenvalue weighted by atomic mass is 16.5. The zero-order chi connectivity index (χ0) is 13.4. The highest BCUT2D eigenvalue weighted by Crippen LogP contribution is 2.29. The molecule has 1 aliphatic rings. The van der Waals surface area contributed by atoms with Gasteiger partial charge in [0.05, 0.1) is 17.9 Å². The molecule has 1 N–H and O–H groups in total. The van der Waals surface area contributed by atoms with Crippen molar-refractivity contribution in [1.29, 1.82) is 0 Å². The van der Waals surface area contributed by atoms with E-state index in [1.165, 1.54) is 11.1 Å². The summed E-state index contributed by atoms with van der Waals surface area (Å²) in [5, 5.41) is 7.74. The monoisotopic (exact) mass is 257 g/mol. The van der Waals surface area contributed by atoms with Gasteiger partial charge in [-0.05, 0) is 25.5 Å². The predicted molar refractivity (Wildman–Crippen MR) is 75.7 cm³/mol. The summed E-state index contributed by atoms with van der Waals surface area (Å²) in [6.07, 6.45) is 3.18. The third kappa shape index (κ3) is 2.43. The van der Waals surface area contributed by atoms with E-state index in [0.717, 1.165) is 30.1 Å². The van der Waals surface area contributed by atoms with Crippen molar-refractivity contribution in [2.75, 3.05) is 11.9 Å². The van der Waals surface area contributed by atoms with E-state index in [0.29, 0.717) is 0 Å². The van der Waals surface area contributed by atoms with Crippen molar-refractivity contribution in [3.8, 4) is 5.75 Å². The zero-order valence-electron chi connectivity index (χ0n) is 11.6. The van der Waals surface area contributed by atoms with Gasteiger partial charge in [-0.2, -0.15) is 5.10 Å². The van der Waals surface area contributed by atoms with E-state index < -0.39 is 0 Å². The summed E-state index contributed by atoms with van der Waals surface area (Å²) in [5.74, 6) is 1.03. The minimum atomic E-state index is 0.205. The lowest BCUT2D eigenvalue weighted by Crippen LogP contribution is -2.24. The molecule has 0 saturated heterocycles. The van der Waals surface area contributed by atoms with Crippen molar-refractivity contribution in [3.05, 3.63) is 41.2 Å². The van der Waals surface area contributed by atoms with Crippen molar-refractivity contribution in [3.63, 3.8) is 0 Å². The minimum absolute atomic E-state index is 0.205. The van der Waals surface area contributed by atoms with Gasteiger partial charge in [0.15, 0.2) is 0 Å². The Morgan fingerprint density at radius 1 is 1.42 bits per heavy atom. The quantitative estimate of drug-likeness (QED) is 0.918. The number of benzene rings is 1. The van der Waals surface area contributed by atoms with Crippen LogP contribution in [0.25, 0.3) is 0 Å². The maximum atomic E-state index is 5.94. The van der Waals surface area contributed by atoms with Crippen LogP contribution in [0.1, 0.15) is 16.8 Å². The van der Waals surface area contributed by atoms with Crippen LogP contribution < -0.4 is 10.1 Å². The second-order valence-electron chi connectivity index (χ2n) is 5.24. The fourth-order valence-electron chi connectivity index (χ4n) is 2.56.